The molecule has 0 atom stereocenters. The van der Waals surface area contributed by atoms with Gasteiger partial charge in [-0.1, -0.05) is 0 Å². The van der Waals surface area contributed by atoms with Crippen LogP contribution in [0.1, 0.15) is 0 Å². The van der Waals surface area contributed by atoms with E-state index in [2.05, 4.69) is 52.1 Å². The molecular weight excluding hydrogens is 285 g/mol. The van der Waals surface area contributed by atoms with Gasteiger partial charge in [0.1, 0.15) is 0 Å². The molecular formula is C12H9IN-. The Morgan fingerprint density at radius 3 is 2.43 bits per heavy atom. The van der Waals surface area contributed by atoms with Gasteiger partial charge < -0.3 is 0 Å². The SMILES string of the molecule is c1ccc2c(c1)N[I-]c1ccccc1-2. The molecule has 0 aliphatic carbocycles. The molecule has 0 bridgehead atoms. The molecule has 1 heterocycles. The van der Waals surface area contributed by atoms with Crippen LogP contribution >= 0.6 is 0 Å². The summed E-state index contributed by atoms with van der Waals surface area (Å²) in [7, 11) is 0. The molecule has 0 spiro atoms. The second kappa shape index (κ2) is 3.28. The minimum atomic E-state index is -0.0440. The van der Waals surface area contributed by atoms with E-state index in [1.165, 1.54) is 20.4 Å². The molecule has 1 nitrogen and oxygen atoms in total. The van der Waals surface area contributed by atoms with Crippen molar-refractivity contribution in [1.82, 2.24) is 0 Å². The average Bonchev–Trinajstić information content (AvgIpc) is 2.29. The van der Waals surface area contributed by atoms with Crippen molar-refractivity contribution in [2.45, 2.75) is 0 Å². The number of nitrogens with one attached hydrogen (secondary N) is 1. The Kier molecular flexibility index (Phi) is 1.94. The molecule has 2 heteroatoms. The van der Waals surface area contributed by atoms with E-state index in [0.29, 0.717) is 0 Å². The summed E-state index contributed by atoms with van der Waals surface area (Å²) in [6.45, 7) is 0. The van der Waals surface area contributed by atoms with Gasteiger partial charge in [0.25, 0.3) is 0 Å². The zero-order valence-electron chi connectivity index (χ0n) is 7.50. The van der Waals surface area contributed by atoms with Crippen molar-refractivity contribution >= 4 is 5.69 Å². The molecule has 1 aliphatic heterocycles. The van der Waals surface area contributed by atoms with Crippen molar-refractivity contribution in [3.8, 4) is 11.1 Å². The molecule has 2 aromatic carbocycles. The summed E-state index contributed by atoms with van der Waals surface area (Å²) in [6, 6.07) is 17.2. The molecule has 2 aromatic rings. The van der Waals surface area contributed by atoms with Crippen LogP contribution < -0.4 is 25.0 Å². The first-order valence-electron chi connectivity index (χ1n) is 4.53. The van der Waals surface area contributed by atoms with E-state index in [1.807, 2.05) is 0 Å². The second-order valence-corrected chi connectivity index (χ2v) is 5.46. The number of anilines is 1. The third-order valence-corrected chi connectivity index (χ3v) is 4.71. The van der Waals surface area contributed by atoms with Crippen LogP contribution in [0.15, 0.2) is 48.5 Å². The normalized spacial score (nSPS) is 13.1. The summed E-state index contributed by atoms with van der Waals surface area (Å²) < 4.78 is 5.02. The third-order valence-electron chi connectivity index (χ3n) is 2.34. The molecule has 0 saturated heterocycles. The van der Waals surface area contributed by atoms with Gasteiger partial charge in [0.05, 0.1) is 0 Å². The molecule has 0 saturated carbocycles. The number of rotatable bonds is 0. The van der Waals surface area contributed by atoms with Crippen LogP contribution in [0, 0.1) is 3.57 Å². The van der Waals surface area contributed by atoms with E-state index in [0.717, 1.165) is 0 Å². The van der Waals surface area contributed by atoms with Gasteiger partial charge in [0, 0.05) is 0 Å². The van der Waals surface area contributed by atoms with Crippen LogP contribution in [0.2, 0.25) is 0 Å². The molecule has 1 aliphatic rings. The first-order valence-corrected chi connectivity index (χ1v) is 6.69. The van der Waals surface area contributed by atoms with Crippen LogP contribution in [-0.2, 0) is 0 Å². The van der Waals surface area contributed by atoms with Crippen LogP contribution in [-0.4, -0.2) is 0 Å². The van der Waals surface area contributed by atoms with E-state index in [-0.39, 0.29) is 21.5 Å². The van der Waals surface area contributed by atoms with Gasteiger partial charge in [0.2, 0.25) is 0 Å². The topological polar surface area (TPSA) is 12.0 Å². The molecule has 0 unspecified atom stereocenters. The summed E-state index contributed by atoms with van der Waals surface area (Å²) in [6.07, 6.45) is 0. The van der Waals surface area contributed by atoms with Crippen LogP contribution in [0.5, 0.6) is 0 Å². The monoisotopic (exact) mass is 294 g/mol. The molecule has 14 heavy (non-hydrogen) atoms. The van der Waals surface area contributed by atoms with Crippen LogP contribution in [0.3, 0.4) is 0 Å². The molecule has 70 valence electrons. The van der Waals surface area contributed by atoms with Gasteiger partial charge in [-0.15, -0.1) is 0 Å². The van der Waals surface area contributed by atoms with E-state index < -0.39 is 0 Å². The number of halogens is 1. The van der Waals surface area contributed by atoms with E-state index in [4.69, 9.17) is 0 Å². The Bertz CT molecular complexity index is 434. The molecule has 0 fully saturated rings. The number of para-hydroxylation sites is 1. The summed E-state index contributed by atoms with van der Waals surface area (Å²) in [5.74, 6) is 0. The summed E-state index contributed by atoms with van der Waals surface area (Å²) in [5, 5.41) is 0. The molecule has 0 aromatic heterocycles. The Morgan fingerprint density at radius 1 is 0.786 bits per heavy atom. The van der Waals surface area contributed by atoms with E-state index in [1.54, 1.807) is 0 Å². The average molecular weight is 294 g/mol. The number of fused-ring (bicyclic) bond motifs is 3. The third kappa shape index (κ3) is 1.21. The van der Waals surface area contributed by atoms with Gasteiger partial charge in [-0.3, -0.25) is 0 Å². The van der Waals surface area contributed by atoms with Gasteiger partial charge in [-0.2, -0.15) is 0 Å². The standard InChI is InChI=1S/C12H9IN/c1-3-7-11-9(5-1)10-6-2-4-8-12(10)14-13-11/h1-8,14H/q-1. The van der Waals surface area contributed by atoms with Crippen molar-refractivity contribution in [2.24, 2.45) is 0 Å². The van der Waals surface area contributed by atoms with Gasteiger partial charge in [0.15, 0.2) is 0 Å². The predicted octanol–water partition coefficient (Wildman–Crippen LogP) is -0.0473. The summed E-state index contributed by atoms with van der Waals surface area (Å²) in [4.78, 5) is 0. The van der Waals surface area contributed by atoms with Crippen molar-refractivity contribution < 1.29 is 21.5 Å². The number of benzene rings is 2. The summed E-state index contributed by atoms with van der Waals surface area (Å²) >= 11 is -0.0440. The minimum absolute atomic E-state index is 0.0440. The van der Waals surface area contributed by atoms with Crippen LogP contribution in [0.4, 0.5) is 5.69 Å². The quantitative estimate of drug-likeness (QED) is 0.531. The number of hydrogen-bond donors (Lipinski definition) is 1. The van der Waals surface area contributed by atoms with E-state index in [9.17, 15) is 0 Å². The first kappa shape index (κ1) is 8.29. The van der Waals surface area contributed by atoms with Gasteiger partial charge in [-0.25, -0.2) is 0 Å². The van der Waals surface area contributed by atoms with Crippen molar-refractivity contribution in [1.29, 1.82) is 0 Å². The number of hydrogen-bond acceptors (Lipinski definition) is 1. The Morgan fingerprint density at radius 2 is 1.50 bits per heavy atom. The van der Waals surface area contributed by atoms with E-state index >= 15 is 0 Å². The Hall–Kier alpha value is -1.03. The van der Waals surface area contributed by atoms with Crippen molar-refractivity contribution in [2.75, 3.05) is 3.53 Å². The zero-order chi connectivity index (χ0) is 9.38. The molecule has 0 amide bonds. The molecule has 1 N–H and O–H groups in total. The zero-order valence-corrected chi connectivity index (χ0v) is 9.65. The van der Waals surface area contributed by atoms with Gasteiger partial charge in [-0.05, 0) is 0 Å². The van der Waals surface area contributed by atoms with Crippen molar-refractivity contribution in [3.05, 3.63) is 52.1 Å². The Labute approximate surface area is 93.8 Å². The second-order valence-electron chi connectivity index (χ2n) is 3.21. The molecule has 0 radical (unpaired) electrons. The fraction of sp³-hybridized carbons (Fsp3) is 0. The maximum absolute atomic E-state index is 3.53. The Balaban J connectivity index is 2.29. The first-order chi connectivity index (χ1) is 6.95. The van der Waals surface area contributed by atoms with Gasteiger partial charge >= 0.3 is 93.9 Å². The van der Waals surface area contributed by atoms with Crippen molar-refractivity contribution in [3.63, 3.8) is 0 Å². The van der Waals surface area contributed by atoms with Crippen LogP contribution in [0.25, 0.3) is 11.1 Å². The maximum atomic E-state index is 3.53. The fourth-order valence-electron chi connectivity index (χ4n) is 1.66. The summed E-state index contributed by atoms with van der Waals surface area (Å²) in [5.41, 5.74) is 4.04. The predicted molar refractivity (Wildman–Crippen MR) is 54.2 cm³/mol. The fourth-order valence-corrected chi connectivity index (χ4v) is 3.86. The molecule has 3 rings (SSSR count).